The van der Waals surface area contributed by atoms with E-state index in [0.717, 1.165) is 0 Å². The molecule has 1 aromatic rings. The second-order valence-electron chi connectivity index (χ2n) is 3.60. The normalized spacial score (nSPS) is 11.1. The third-order valence-electron chi connectivity index (χ3n) is 1.60. The van der Waals surface area contributed by atoms with Crippen LogP contribution in [0.25, 0.3) is 0 Å². The molecule has 1 rings (SSSR count). The van der Waals surface area contributed by atoms with Crippen LogP contribution in [0.4, 0.5) is 0 Å². The van der Waals surface area contributed by atoms with Gasteiger partial charge in [-0.1, -0.05) is 0 Å². The molecule has 0 radical (unpaired) electrons. The number of aromatic nitrogens is 1. The number of amides is 1. The Kier molecular flexibility index (Phi) is 4.00. The molecule has 0 saturated heterocycles. The van der Waals surface area contributed by atoms with Crippen molar-refractivity contribution in [3.63, 3.8) is 0 Å². The molecule has 1 aromatic heterocycles. The molecule has 0 aliphatic rings. The van der Waals surface area contributed by atoms with Crippen molar-refractivity contribution in [1.29, 1.82) is 0 Å². The molecule has 0 spiro atoms. The van der Waals surface area contributed by atoms with Gasteiger partial charge in [0.1, 0.15) is 0 Å². The molecule has 5 nitrogen and oxygen atoms in total. The van der Waals surface area contributed by atoms with E-state index in [1.807, 2.05) is 0 Å². The zero-order valence-electron chi connectivity index (χ0n) is 8.73. The molecule has 82 valence electrons. The van der Waals surface area contributed by atoms with Crippen molar-refractivity contribution in [3.8, 4) is 0 Å². The van der Waals surface area contributed by atoms with Crippen molar-refractivity contribution < 1.29 is 9.36 Å². The topological polar surface area (TPSA) is 71.1 Å². The predicted octanol–water partition coefficient (Wildman–Crippen LogP) is 0.896. The zero-order valence-corrected chi connectivity index (χ0v) is 9.62. The number of rotatable bonds is 4. The number of hydrazine groups is 1. The number of pyridine rings is 1. The smallest absolute Gasteiger partial charge is 0.265 e. The van der Waals surface area contributed by atoms with E-state index in [1.165, 1.54) is 0 Å². The molecule has 0 atom stereocenters. The van der Waals surface area contributed by atoms with E-state index in [2.05, 4.69) is 15.8 Å². The first-order chi connectivity index (χ1) is 6.99. The lowest BCUT2D eigenvalue weighted by Crippen LogP contribution is -2.37. The summed E-state index contributed by atoms with van der Waals surface area (Å²) in [5.74, 6) is -0.258. The molecular formula is C9H14N3O2P. The van der Waals surface area contributed by atoms with Crippen molar-refractivity contribution in [1.82, 2.24) is 15.8 Å². The Hall–Kier alpha value is -1.19. The largest absolute Gasteiger partial charge is 0.323 e. The van der Waals surface area contributed by atoms with E-state index < -0.39 is 7.14 Å². The number of hydrogen-bond donors (Lipinski definition) is 2. The lowest BCUT2D eigenvalue weighted by Gasteiger charge is -2.09. The summed E-state index contributed by atoms with van der Waals surface area (Å²) in [6.45, 7) is 3.30. The lowest BCUT2D eigenvalue weighted by molar-refractivity contribution is 0.0936. The van der Waals surface area contributed by atoms with E-state index in [0.29, 0.717) is 5.56 Å². The first-order valence-corrected chi connectivity index (χ1v) is 7.25. The molecule has 15 heavy (non-hydrogen) atoms. The molecule has 0 aliphatic carbocycles. The molecule has 2 N–H and O–H groups in total. The van der Waals surface area contributed by atoms with Crippen LogP contribution in [0.1, 0.15) is 10.4 Å². The van der Waals surface area contributed by atoms with Gasteiger partial charge in [0.05, 0.1) is 13.4 Å². The maximum absolute atomic E-state index is 11.4. The minimum Gasteiger partial charge on any atom is -0.323 e. The van der Waals surface area contributed by atoms with E-state index in [1.54, 1.807) is 37.9 Å². The van der Waals surface area contributed by atoms with E-state index in [9.17, 15) is 9.36 Å². The van der Waals surface area contributed by atoms with Crippen LogP contribution in [0.15, 0.2) is 24.5 Å². The van der Waals surface area contributed by atoms with Crippen LogP contribution in [0.5, 0.6) is 0 Å². The Balaban J connectivity index is 2.41. The van der Waals surface area contributed by atoms with E-state index in [-0.39, 0.29) is 12.2 Å². The lowest BCUT2D eigenvalue weighted by atomic mass is 10.3. The van der Waals surface area contributed by atoms with Crippen molar-refractivity contribution in [2.45, 2.75) is 0 Å². The summed E-state index contributed by atoms with van der Waals surface area (Å²) in [4.78, 5) is 15.2. The van der Waals surface area contributed by atoms with Crippen LogP contribution in [0.2, 0.25) is 0 Å². The molecule has 0 aromatic carbocycles. The fraction of sp³-hybridized carbons (Fsp3) is 0.333. The first kappa shape index (κ1) is 11.9. The van der Waals surface area contributed by atoms with Crippen LogP contribution in [-0.4, -0.2) is 30.5 Å². The SMILES string of the molecule is CP(C)(=O)CNNC(=O)c1ccncc1. The monoisotopic (exact) mass is 227 g/mol. The Bertz CT molecular complexity index is 374. The first-order valence-electron chi connectivity index (χ1n) is 4.46. The molecule has 0 unspecified atom stereocenters. The number of nitrogens with one attached hydrogen (secondary N) is 2. The minimum atomic E-state index is -2.15. The molecule has 6 heteroatoms. The zero-order chi connectivity index (χ0) is 11.3. The van der Waals surface area contributed by atoms with Crippen molar-refractivity contribution in [3.05, 3.63) is 30.1 Å². The predicted molar refractivity (Wildman–Crippen MR) is 59.2 cm³/mol. The maximum Gasteiger partial charge on any atom is 0.265 e. The summed E-state index contributed by atoms with van der Waals surface area (Å²) in [5.41, 5.74) is 5.62. The summed E-state index contributed by atoms with van der Waals surface area (Å²) >= 11 is 0. The Morgan fingerprint density at radius 3 is 2.53 bits per heavy atom. The second-order valence-corrected chi connectivity index (χ2v) is 7.06. The average molecular weight is 227 g/mol. The van der Waals surface area contributed by atoms with E-state index >= 15 is 0 Å². The molecule has 0 fully saturated rings. The van der Waals surface area contributed by atoms with Gasteiger partial charge in [0.15, 0.2) is 0 Å². The quantitative estimate of drug-likeness (QED) is 0.592. The Morgan fingerprint density at radius 2 is 2.00 bits per heavy atom. The fourth-order valence-electron chi connectivity index (χ4n) is 0.886. The van der Waals surface area contributed by atoms with Gasteiger partial charge in [0.2, 0.25) is 0 Å². The average Bonchev–Trinajstić information content (AvgIpc) is 2.17. The van der Waals surface area contributed by atoms with Crippen LogP contribution in [0.3, 0.4) is 0 Å². The van der Waals surface area contributed by atoms with Gasteiger partial charge < -0.3 is 4.57 Å². The fourth-order valence-corrected chi connectivity index (χ4v) is 1.35. The highest BCUT2D eigenvalue weighted by atomic mass is 31.2. The van der Waals surface area contributed by atoms with Crippen molar-refractivity contribution >= 4 is 13.0 Å². The third-order valence-corrected chi connectivity index (χ3v) is 2.52. The highest BCUT2D eigenvalue weighted by molar-refractivity contribution is 7.62. The molecule has 1 heterocycles. The highest BCUT2D eigenvalue weighted by Crippen LogP contribution is 2.33. The van der Waals surface area contributed by atoms with Crippen LogP contribution in [0, 0.1) is 0 Å². The molecular weight excluding hydrogens is 213 g/mol. The maximum atomic E-state index is 11.4. The molecule has 0 bridgehead atoms. The Labute approximate surface area is 88.6 Å². The number of nitrogens with zero attached hydrogens (tertiary/aromatic N) is 1. The number of carbonyl (C=O) groups is 1. The number of hydrogen-bond acceptors (Lipinski definition) is 4. The van der Waals surface area contributed by atoms with E-state index in [4.69, 9.17) is 0 Å². The minimum absolute atomic E-state index is 0.258. The van der Waals surface area contributed by atoms with Gasteiger partial charge in [-0.15, -0.1) is 0 Å². The second kappa shape index (κ2) is 5.05. The van der Waals surface area contributed by atoms with Crippen molar-refractivity contribution in [2.75, 3.05) is 19.6 Å². The van der Waals surface area contributed by atoms with Gasteiger partial charge in [-0.2, -0.15) is 0 Å². The van der Waals surface area contributed by atoms with Crippen molar-refractivity contribution in [2.24, 2.45) is 0 Å². The summed E-state index contributed by atoms with van der Waals surface area (Å²) < 4.78 is 11.3. The summed E-state index contributed by atoms with van der Waals surface area (Å²) in [7, 11) is -2.15. The number of carbonyl (C=O) groups excluding carboxylic acids is 1. The van der Waals surface area contributed by atoms with Gasteiger partial charge in [-0.05, 0) is 25.5 Å². The molecule has 0 aliphatic heterocycles. The van der Waals surface area contributed by atoms with Gasteiger partial charge >= 0.3 is 0 Å². The van der Waals surface area contributed by atoms with Crippen LogP contribution >= 0.6 is 7.14 Å². The van der Waals surface area contributed by atoms with Crippen LogP contribution in [-0.2, 0) is 4.57 Å². The standard InChI is InChI=1S/C9H14N3O2P/c1-15(2,14)7-11-12-9(13)8-3-5-10-6-4-8/h3-6,11H,7H2,1-2H3,(H,12,13). The molecule has 0 saturated carbocycles. The summed E-state index contributed by atoms with van der Waals surface area (Å²) in [5, 5.41) is 0. The molecule has 1 amide bonds. The van der Waals surface area contributed by atoms with Crippen LogP contribution < -0.4 is 10.9 Å². The van der Waals surface area contributed by atoms with Gasteiger partial charge in [-0.3, -0.25) is 15.2 Å². The third kappa shape index (κ3) is 4.72. The highest BCUT2D eigenvalue weighted by Gasteiger charge is 2.08. The Morgan fingerprint density at radius 1 is 1.40 bits per heavy atom. The van der Waals surface area contributed by atoms with Gasteiger partial charge in [0, 0.05) is 18.0 Å². The van der Waals surface area contributed by atoms with Gasteiger partial charge in [0.25, 0.3) is 5.91 Å². The summed E-state index contributed by atoms with van der Waals surface area (Å²) in [6.07, 6.45) is 3.36. The van der Waals surface area contributed by atoms with Gasteiger partial charge in [-0.25, -0.2) is 5.43 Å². The summed E-state index contributed by atoms with van der Waals surface area (Å²) in [6, 6.07) is 3.21.